The summed E-state index contributed by atoms with van der Waals surface area (Å²) in [5, 5.41) is 0. The lowest BCUT2D eigenvalue weighted by Crippen LogP contribution is -2.54. The molecular weight excluding hydrogens is 333 g/mol. The molecule has 2 atom stereocenters. The third kappa shape index (κ3) is 3.92. The van der Waals surface area contributed by atoms with Crippen LogP contribution in [0.2, 0.25) is 0 Å². The van der Waals surface area contributed by atoms with Crippen molar-refractivity contribution in [3.63, 3.8) is 0 Å². The molecule has 0 radical (unpaired) electrons. The Kier molecular flexibility index (Phi) is 5.64. The molecule has 2 saturated heterocycles. The number of ether oxygens (including phenoxy) is 1. The first kappa shape index (κ1) is 18.9. The van der Waals surface area contributed by atoms with Gasteiger partial charge in [0.25, 0.3) is 0 Å². The average molecular weight is 361 g/mol. The Hall–Kier alpha value is -1.91. The number of nitrogens with zero attached hydrogens (tertiary/aromatic N) is 1. The van der Waals surface area contributed by atoms with Crippen LogP contribution >= 0.6 is 0 Å². The largest absolute Gasteiger partial charge is 0.491 e. The summed E-state index contributed by atoms with van der Waals surface area (Å²) in [6, 6.07) is 2.98. The van der Waals surface area contributed by atoms with Crippen LogP contribution < -0.4 is 4.74 Å². The number of hydrogen-bond donors (Lipinski definition) is 0. The number of carbonyl (C=O) groups is 2. The van der Waals surface area contributed by atoms with Gasteiger partial charge in [-0.3, -0.25) is 9.59 Å². The maximum Gasteiger partial charge on any atom is 0.223 e. The van der Waals surface area contributed by atoms with E-state index in [0.717, 1.165) is 24.8 Å². The fourth-order valence-corrected chi connectivity index (χ4v) is 4.07. The number of piperidine rings is 2. The highest BCUT2D eigenvalue weighted by molar-refractivity contribution is 5.97. The number of hydrogen-bond acceptors (Lipinski definition) is 3. The summed E-state index contributed by atoms with van der Waals surface area (Å²) in [6.45, 7) is 6.39. The number of amides is 1. The molecule has 2 aliphatic heterocycles. The van der Waals surface area contributed by atoms with Crippen LogP contribution in [-0.4, -0.2) is 35.3 Å². The van der Waals surface area contributed by atoms with E-state index in [-0.39, 0.29) is 42.0 Å². The number of rotatable bonds is 5. The van der Waals surface area contributed by atoms with E-state index in [1.54, 1.807) is 11.0 Å². The molecule has 5 heteroatoms. The molecule has 0 saturated carbocycles. The third-order valence-electron chi connectivity index (χ3n) is 5.44. The summed E-state index contributed by atoms with van der Waals surface area (Å²) in [4.78, 5) is 26.9. The first-order valence-corrected chi connectivity index (χ1v) is 9.65. The van der Waals surface area contributed by atoms with Crippen molar-refractivity contribution >= 4 is 11.7 Å². The van der Waals surface area contributed by atoms with Crippen LogP contribution in [0, 0.1) is 18.7 Å². The highest BCUT2D eigenvalue weighted by Gasteiger charge is 2.41. The van der Waals surface area contributed by atoms with Gasteiger partial charge in [0.1, 0.15) is 11.6 Å². The van der Waals surface area contributed by atoms with E-state index in [1.165, 1.54) is 6.07 Å². The van der Waals surface area contributed by atoms with Crippen molar-refractivity contribution in [2.45, 2.75) is 71.4 Å². The van der Waals surface area contributed by atoms with Crippen LogP contribution in [0.4, 0.5) is 4.39 Å². The van der Waals surface area contributed by atoms with Crippen molar-refractivity contribution in [3.8, 4) is 5.75 Å². The molecule has 2 aliphatic rings. The first-order valence-electron chi connectivity index (χ1n) is 9.65. The zero-order valence-corrected chi connectivity index (χ0v) is 15.9. The Morgan fingerprint density at radius 1 is 1.27 bits per heavy atom. The lowest BCUT2D eigenvalue weighted by molar-refractivity contribution is -0.151. The SMILES string of the molecule is Cc1cc(F)c(CCC2CC(=O)N3CCCCC3C2=O)cc1OC(C)C. The Morgan fingerprint density at radius 3 is 2.77 bits per heavy atom. The van der Waals surface area contributed by atoms with E-state index >= 15 is 0 Å². The standard InChI is InChI=1S/C21H28FNO3/c1-13(2)26-19-11-15(17(22)10-14(19)3)7-8-16-12-20(24)23-9-5-4-6-18(23)21(16)25/h10-11,13,16,18H,4-9,12H2,1-3H3. The van der Waals surface area contributed by atoms with Crippen LogP contribution in [0.25, 0.3) is 0 Å². The highest BCUT2D eigenvalue weighted by atomic mass is 19.1. The van der Waals surface area contributed by atoms with Crippen LogP contribution in [0.15, 0.2) is 12.1 Å². The van der Waals surface area contributed by atoms with Gasteiger partial charge in [-0.05, 0) is 76.1 Å². The van der Waals surface area contributed by atoms with Crippen molar-refractivity contribution in [2.24, 2.45) is 5.92 Å². The molecule has 0 N–H and O–H groups in total. The minimum atomic E-state index is -0.294. The van der Waals surface area contributed by atoms with Crippen molar-refractivity contribution in [2.75, 3.05) is 6.54 Å². The van der Waals surface area contributed by atoms with E-state index in [4.69, 9.17) is 4.74 Å². The summed E-state index contributed by atoms with van der Waals surface area (Å²) >= 11 is 0. The third-order valence-corrected chi connectivity index (χ3v) is 5.44. The van der Waals surface area contributed by atoms with Gasteiger partial charge in [-0.1, -0.05) is 0 Å². The van der Waals surface area contributed by atoms with Crippen molar-refractivity contribution in [3.05, 3.63) is 29.1 Å². The van der Waals surface area contributed by atoms with Gasteiger partial charge < -0.3 is 9.64 Å². The second-order valence-corrected chi connectivity index (χ2v) is 7.82. The van der Waals surface area contributed by atoms with Gasteiger partial charge in [0.2, 0.25) is 5.91 Å². The lowest BCUT2D eigenvalue weighted by atomic mass is 9.81. The maximum atomic E-state index is 14.3. The monoisotopic (exact) mass is 361 g/mol. The molecule has 4 nitrogen and oxygen atoms in total. The molecule has 0 spiro atoms. The molecular formula is C21H28FNO3. The van der Waals surface area contributed by atoms with Gasteiger partial charge in [-0.2, -0.15) is 0 Å². The molecule has 0 bridgehead atoms. The number of benzene rings is 1. The van der Waals surface area contributed by atoms with Crippen molar-refractivity contribution < 1.29 is 18.7 Å². The molecule has 2 heterocycles. The number of ketones is 1. The number of carbonyl (C=O) groups excluding carboxylic acids is 2. The molecule has 2 unspecified atom stereocenters. The Bertz CT molecular complexity index is 701. The van der Waals surface area contributed by atoms with Gasteiger partial charge in [0.15, 0.2) is 5.78 Å². The zero-order valence-electron chi connectivity index (χ0n) is 15.9. The minimum Gasteiger partial charge on any atom is -0.491 e. The molecule has 3 rings (SSSR count). The van der Waals surface area contributed by atoms with Crippen LogP contribution in [0.5, 0.6) is 5.75 Å². The van der Waals surface area contributed by atoms with Gasteiger partial charge in [-0.25, -0.2) is 4.39 Å². The first-order chi connectivity index (χ1) is 12.4. The fraction of sp³-hybridized carbons (Fsp3) is 0.619. The van der Waals surface area contributed by atoms with Crippen LogP contribution in [-0.2, 0) is 16.0 Å². The summed E-state index contributed by atoms with van der Waals surface area (Å²) in [5.74, 6) is 0.355. The fourth-order valence-electron chi connectivity index (χ4n) is 4.07. The lowest BCUT2D eigenvalue weighted by Gasteiger charge is -2.41. The van der Waals surface area contributed by atoms with E-state index in [0.29, 0.717) is 30.7 Å². The second-order valence-electron chi connectivity index (χ2n) is 7.82. The molecule has 1 aromatic rings. The molecule has 1 aromatic carbocycles. The predicted molar refractivity (Wildman–Crippen MR) is 97.7 cm³/mol. The summed E-state index contributed by atoms with van der Waals surface area (Å²) in [6.07, 6.45) is 3.97. The van der Waals surface area contributed by atoms with Crippen molar-refractivity contribution in [1.82, 2.24) is 4.90 Å². The zero-order chi connectivity index (χ0) is 18.8. The summed E-state index contributed by atoms with van der Waals surface area (Å²) < 4.78 is 20.1. The number of fused-ring (bicyclic) bond motifs is 1. The Balaban J connectivity index is 1.70. The van der Waals surface area contributed by atoms with Gasteiger partial charge in [-0.15, -0.1) is 0 Å². The van der Waals surface area contributed by atoms with E-state index < -0.39 is 0 Å². The highest BCUT2D eigenvalue weighted by Crippen LogP contribution is 2.31. The summed E-state index contributed by atoms with van der Waals surface area (Å²) in [7, 11) is 0. The maximum absolute atomic E-state index is 14.3. The quantitative estimate of drug-likeness (QED) is 0.801. The predicted octanol–water partition coefficient (Wildman–Crippen LogP) is 3.82. The molecule has 0 aliphatic carbocycles. The van der Waals surface area contributed by atoms with Gasteiger partial charge in [0.05, 0.1) is 12.1 Å². The molecule has 1 amide bonds. The Labute approximate surface area is 154 Å². The van der Waals surface area contributed by atoms with E-state index in [1.807, 2.05) is 20.8 Å². The molecule has 0 aromatic heterocycles. The van der Waals surface area contributed by atoms with E-state index in [2.05, 4.69) is 0 Å². The Morgan fingerprint density at radius 2 is 2.04 bits per heavy atom. The molecule has 2 fully saturated rings. The topological polar surface area (TPSA) is 46.6 Å². The average Bonchev–Trinajstić information content (AvgIpc) is 2.60. The molecule has 142 valence electrons. The number of halogens is 1. The normalized spacial score (nSPS) is 23.3. The van der Waals surface area contributed by atoms with Crippen LogP contribution in [0.1, 0.15) is 57.1 Å². The number of Topliss-reactive ketones (excluding diaryl/α,β-unsaturated/α-hetero) is 1. The van der Waals surface area contributed by atoms with Gasteiger partial charge in [0, 0.05) is 18.9 Å². The minimum absolute atomic E-state index is 0.0156. The smallest absolute Gasteiger partial charge is 0.223 e. The van der Waals surface area contributed by atoms with Crippen molar-refractivity contribution in [1.29, 1.82) is 0 Å². The number of aryl methyl sites for hydroxylation is 2. The van der Waals surface area contributed by atoms with E-state index in [9.17, 15) is 14.0 Å². The second kappa shape index (κ2) is 7.77. The molecule has 26 heavy (non-hydrogen) atoms. The van der Waals surface area contributed by atoms with Crippen LogP contribution in [0.3, 0.4) is 0 Å². The summed E-state index contributed by atoms with van der Waals surface area (Å²) in [5.41, 5.74) is 1.32. The van der Waals surface area contributed by atoms with Gasteiger partial charge >= 0.3 is 0 Å².